The highest BCUT2D eigenvalue weighted by atomic mass is 79.9. The molecule has 11 heteroatoms. The average Bonchev–Trinajstić information content (AvgIpc) is 3.33. The molecule has 2 aromatic heterocycles. The first-order valence-electron chi connectivity index (χ1n) is 11.8. The summed E-state index contributed by atoms with van der Waals surface area (Å²) in [7, 11) is 2.09. The highest BCUT2D eigenvalue weighted by Gasteiger charge is 2.45. The molecule has 192 valence electrons. The molecule has 0 radical (unpaired) electrons. The van der Waals surface area contributed by atoms with Gasteiger partial charge in [0.1, 0.15) is 23.6 Å². The van der Waals surface area contributed by atoms with E-state index >= 15 is 0 Å². The van der Waals surface area contributed by atoms with Crippen LogP contribution in [0.25, 0.3) is 20.7 Å². The minimum absolute atomic E-state index is 0.295. The number of fused-ring (bicyclic) bond motifs is 1. The third-order valence-corrected chi connectivity index (χ3v) is 8.08. The van der Waals surface area contributed by atoms with E-state index in [-0.39, 0.29) is 11.9 Å². The number of ether oxygens (including phenoxy) is 1. The van der Waals surface area contributed by atoms with Gasteiger partial charge in [-0.2, -0.15) is 0 Å². The predicted molar refractivity (Wildman–Crippen MR) is 147 cm³/mol. The van der Waals surface area contributed by atoms with Gasteiger partial charge in [0.05, 0.1) is 9.35 Å². The Kier molecular flexibility index (Phi) is 7.82. The number of anilines is 1. The van der Waals surface area contributed by atoms with Crippen LogP contribution >= 0.6 is 27.3 Å². The van der Waals surface area contributed by atoms with Crippen molar-refractivity contribution in [3.05, 3.63) is 34.9 Å². The number of rotatable bonds is 10. The maximum absolute atomic E-state index is 12.1. The molecule has 36 heavy (non-hydrogen) atoms. The zero-order chi connectivity index (χ0) is 26.0. The molecule has 0 saturated carbocycles. The number of aromatic nitrogens is 2. The summed E-state index contributed by atoms with van der Waals surface area (Å²) in [6.45, 7) is 10.0. The Hall–Kier alpha value is -2.76. The molecule has 1 aliphatic rings. The zero-order valence-electron chi connectivity index (χ0n) is 21.1. The lowest BCUT2D eigenvalue weighted by molar-refractivity contribution is -0.125. The molecule has 3 aromatic rings. The van der Waals surface area contributed by atoms with Gasteiger partial charge in [-0.05, 0) is 80.3 Å². The quantitative estimate of drug-likeness (QED) is 0.342. The molecule has 9 nitrogen and oxygen atoms in total. The molecule has 0 atom stereocenters. The number of carbonyl (C=O) groups is 2. The maximum Gasteiger partial charge on any atom is 0.325 e. The van der Waals surface area contributed by atoms with Crippen LogP contribution in [0.3, 0.4) is 0 Å². The Balaban J connectivity index is 1.43. The molecule has 3 amide bonds. The van der Waals surface area contributed by atoms with Crippen LogP contribution in [0.15, 0.2) is 34.9 Å². The Labute approximate surface area is 223 Å². The van der Waals surface area contributed by atoms with Crippen LogP contribution in [0.1, 0.15) is 27.7 Å². The Morgan fingerprint density at radius 3 is 2.75 bits per heavy atom. The fourth-order valence-electron chi connectivity index (χ4n) is 3.77. The number of amides is 3. The number of halogens is 1. The SMILES string of the molecule is CC(C)N(C)CCOc1ccc2sc(-c3nc(NCCN4C(=O)NC(=O)C4(C)C)ncc3Br)cc2c1. The van der Waals surface area contributed by atoms with Crippen LogP contribution in [0.5, 0.6) is 5.75 Å². The highest BCUT2D eigenvalue weighted by molar-refractivity contribution is 9.10. The Morgan fingerprint density at radius 1 is 1.28 bits per heavy atom. The van der Waals surface area contributed by atoms with E-state index < -0.39 is 5.54 Å². The average molecular weight is 576 g/mol. The number of likely N-dealkylation sites (N-methyl/N-ethyl adjacent to an activating group) is 1. The van der Waals surface area contributed by atoms with Gasteiger partial charge in [-0.3, -0.25) is 10.1 Å². The monoisotopic (exact) mass is 574 g/mol. The van der Waals surface area contributed by atoms with Gasteiger partial charge in [-0.15, -0.1) is 11.3 Å². The first-order chi connectivity index (χ1) is 17.1. The summed E-state index contributed by atoms with van der Waals surface area (Å²) in [5.41, 5.74) is -0.0988. The van der Waals surface area contributed by atoms with Crippen molar-refractivity contribution < 1.29 is 14.3 Å². The summed E-state index contributed by atoms with van der Waals surface area (Å²) in [6, 6.07) is 8.33. The van der Waals surface area contributed by atoms with Gasteiger partial charge >= 0.3 is 6.03 Å². The molecular weight excluding hydrogens is 544 g/mol. The van der Waals surface area contributed by atoms with Crippen molar-refractivity contribution in [3.63, 3.8) is 0 Å². The molecule has 0 unspecified atom stereocenters. The van der Waals surface area contributed by atoms with E-state index in [0.29, 0.717) is 31.7 Å². The lowest BCUT2D eigenvalue weighted by Crippen LogP contribution is -2.46. The van der Waals surface area contributed by atoms with Crippen molar-refractivity contribution in [2.75, 3.05) is 38.6 Å². The number of nitrogens with zero attached hydrogens (tertiary/aromatic N) is 4. The highest BCUT2D eigenvalue weighted by Crippen LogP contribution is 2.37. The van der Waals surface area contributed by atoms with E-state index in [9.17, 15) is 9.59 Å². The summed E-state index contributed by atoms with van der Waals surface area (Å²) >= 11 is 5.22. The second-order valence-corrected chi connectivity index (χ2v) is 11.5. The number of hydrogen-bond acceptors (Lipinski definition) is 8. The van der Waals surface area contributed by atoms with Crippen LogP contribution in [0.4, 0.5) is 10.7 Å². The largest absolute Gasteiger partial charge is 0.492 e. The standard InChI is InChI=1S/C25H31BrN6O3S/c1-15(2)31(5)10-11-35-17-6-7-19-16(12-17)13-20(36-19)21-18(26)14-28-23(29-21)27-8-9-32-24(34)30-22(33)25(32,3)4/h6-7,12-15H,8-11H2,1-5H3,(H,27,28,29)(H,30,33,34). The van der Waals surface area contributed by atoms with Crippen LogP contribution < -0.4 is 15.4 Å². The summed E-state index contributed by atoms with van der Waals surface area (Å²) in [4.78, 5) is 37.8. The van der Waals surface area contributed by atoms with Gasteiger partial charge < -0.3 is 19.9 Å². The van der Waals surface area contributed by atoms with Gasteiger partial charge in [-0.1, -0.05) is 0 Å². The third kappa shape index (κ3) is 5.63. The van der Waals surface area contributed by atoms with E-state index in [1.54, 1.807) is 31.4 Å². The molecule has 1 saturated heterocycles. The summed E-state index contributed by atoms with van der Waals surface area (Å²) in [6.07, 6.45) is 1.71. The normalized spacial score (nSPS) is 15.3. The molecule has 0 bridgehead atoms. The van der Waals surface area contributed by atoms with Gasteiger partial charge in [0.15, 0.2) is 0 Å². The fourth-order valence-corrected chi connectivity index (χ4v) is 5.36. The van der Waals surface area contributed by atoms with Crippen LogP contribution in [-0.4, -0.2) is 76.6 Å². The molecule has 2 N–H and O–H groups in total. The van der Waals surface area contributed by atoms with Gasteiger partial charge in [0.25, 0.3) is 5.91 Å². The molecular formula is C25H31BrN6O3S. The lowest BCUT2D eigenvalue weighted by Gasteiger charge is -2.27. The number of urea groups is 1. The number of benzene rings is 1. The minimum Gasteiger partial charge on any atom is -0.492 e. The van der Waals surface area contributed by atoms with Crippen molar-refractivity contribution in [2.24, 2.45) is 0 Å². The zero-order valence-corrected chi connectivity index (χ0v) is 23.5. The van der Waals surface area contributed by atoms with Crippen molar-refractivity contribution in [3.8, 4) is 16.3 Å². The molecule has 3 heterocycles. The number of imide groups is 1. The summed E-state index contributed by atoms with van der Waals surface area (Å²) in [5, 5.41) is 6.62. The topological polar surface area (TPSA) is 99.7 Å². The first kappa shape index (κ1) is 26.3. The summed E-state index contributed by atoms with van der Waals surface area (Å²) < 4.78 is 7.91. The Bertz CT molecular complexity index is 1280. The molecule has 1 aromatic carbocycles. The smallest absolute Gasteiger partial charge is 0.325 e. The van der Waals surface area contributed by atoms with E-state index in [2.05, 4.69) is 75.5 Å². The second kappa shape index (κ2) is 10.7. The van der Waals surface area contributed by atoms with E-state index in [1.165, 1.54) is 4.90 Å². The third-order valence-electron chi connectivity index (χ3n) is 6.37. The first-order valence-corrected chi connectivity index (χ1v) is 13.4. The molecule has 0 aliphatic carbocycles. The number of thiophene rings is 1. The van der Waals surface area contributed by atoms with Crippen molar-refractivity contribution in [1.82, 2.24) is 25.1 Å². The number of nitrogens with one attached hydrogen (secondary N) is 2. The van der Waals surface area contributed by atoms with Crippen LogP contribution in [0, 0.1) is 0 Å². The maximum atomic E-state index is 12.1. The van der Waals surface area contributed by atoms with Crippen LogP contribution in [-0.2, 0) is 4.79 Å². The second-order valence-electron chi connectivity index (χ2n) is 9.52. The molecule has 0 spiro atoms. The Morgan fingerprint density at radius 2 is 2.06 bits per heavy atom. The fraction of sp³-hybridized carbons (Fsp3) is 0.440. The van der Waals surface area contributed by atoms with Gasteiger partial charge in [-0.25, -0.2) is 14.8 Å². The molecule has 1 aliphatic heterocycles. The van der Waals surface area contributed by atoms with E-state index in [1.807, 2.05) is 6.07 Å². The molecule has 1 fully saturated rings. The predicted octanol–water partition coefficient (Wildman–Crippen LogP) is 4.58. The molecule has 4 rings (SSSR count). The van der Waals surface area contributed by atoms with Gasteiger partial charge in [0, 0.05) is 36.6 Å². The van der Waals surface area contributed by atoms with Crippen molar-refractivity contribution >= 4 is 55.2 Å². The minimum atomic E-state index is -0.880. The summed E-state index contributed by atoms with van der Waals surface area (Å²) in [5.74, 6) is 1.00. The van der Waals surface area contributed by atoms with Crippen molar-refractivity contribution in [2.45, 2.75) is 39.3 Å². The lowest BCUT2D eigenvalue weighted by atomic mass is 10.0. The number of carbonyl (C=O) groups excluding carboxylic acids is 2. The van der Waals surface area contributed by atoms with Crippen LogP contribution in [0.2, 0.25) is 0 Å². The number of hydrogen-bond donors (Lipinski definition) is 2. The van der Waals surface area contributed by atoms with E-state index in [0.717, 1.165) is 37.4 Å². The van der Waals surface area contributed by atoms with Crippen molar-refractivity contribution in [1.29, 1.82) is 0 Å². The van der Waals surface area contributed by atoms with Gasteiger partial charge in [0.2, 0.25) is 5.95 Å². The van der Waals surface area contributed by atoms with E-state index in [4.69, 9.17) is 9.72 Å².